The maximum Gasteiger partial charge on any atom is 0.268 e. The van der Waals surface area contributed by atoms with Crippen LogP contribution in [0.25, 0.3) is 0 Å². The Morgan fingerprint density at radius 1 is 1.07 bits per heavy atom. The van der Waals surface area contributed by atoms with Crippen LogP contribution in [0.5, 0.6) is 5.75 Å². The van der Waals surface area contributed by atoms with Gasteiger partial charge in [0.05, 0.1) is 12.8 Å². The molecule has 0 radical (unpaired) electrons. The van der Waals surface area contributed by atoms with Gasteiger partial charge in [-0.25, -0.2) is 8.42 Å². The smallest absolute Gasteiger partial charge is 0.268 e. The number of nitrogens with one attached hydrogen (secondary N) is 1. The standard InChI is InChI=1S/C22H30N2O4S/c1-6-7-12-23-22(25)15-24(19-10-9-17(3)18(4)14-19)29(26,27)21-13-16(2)8-11-20(21)28-5/h8-11,13-14H,6-7,12,15H2,1-5H3,(H,23,25). The maximum absolute atomic E-state index is 13.6. The second-order valence-corrected chi connectivity index (χ2v) is 8.97. The number of nitrogens with zero attached hydrogens (tertiary/aromatic N) is 1. The summed E-state index contributed by atoms with van der Waals surface area (Å²) in [5, 5.41) is 2.80. The number of carbonyl (C=O) groups is 1. The van der Waals surface area contributed by atoms with Crippen LogP contribution in [-0.4, -0.2) is 34.5 Å². The molecule has 2 aromatic rings. The number of hydrogen-bond donors (Lipinski definition) is 1. The van der Waals surface area contributed by atoms with E-state index in [-0.39, 0.29) is 23.1 Å². The number of methoxy groups -OCH3 is 1. The molecule has 0 fully saturated rings. The molecule has 158 valence electrons. The molecular formula is C22H30N2O4S. The van der Waals surface area contributed by atoms with E-state index in [1.165, 1.54) is 7.11 Å². The lowest BCUT2D eigenvalue weighted by Crippen LogP contribution is -2.41. The van der Waals surface area contributed by atoms with Crippen LogP contribution in [0.15, 0.2) is 41.3 Å². The van der Waals surface area contributed by atoms with Crippen molar-refractivity contribution in [1.82, 2.24) is 5.32 Å². The summed E-state index contributed by atoms with van der Waals surface area (Å²) in [6.45, 7) is 7.94. The van der Waals surface area contributed by atoms with E-state index in [0.717, 1.165) is 33.8 Å². The summed E-state index contributed by atoms with van der Waals surface area (Å²) < 4.78 is 33.6. The summed E-state index contributed by atoms with van der Waals surface area (Å²) in [4.78, 5) is 12.5. The second kappa shape index (κ2) is 9.78. The van der Waals surface area contributed by atoms with Gasteiger partial charge >= 0.3 is 0 Å². The van der Waals surface area contributed by atoms with Crippen molar-refractivity contribution >= 4 is 21.6 Å². The van der Waals surface area contributed by atoms with Gasteiger partial charge < -0.3 is 10.1 Å². The van der Waals surface area contributed by atoms with Crippen LogP contribution < -0.4 is 14.4 Å². The average Bonchev–Trinajstić information content (AvgIpc) is 2.68. The molecule has 29 heavy (non-hydrogen) atoms. The van der Waals surface area contributed by atoms with Crippen molar-refractivity contribution in [3.8, 4) is 5.75 Å². The molecule has 0 unspecified atom stereocenters. The molecule has 2 rings (SSSR count). The Hall–Kier alpha value is -2.54. The molecule has 1 N–H and O–H groups in total. The molecule has 2 aromatic carbocycles. The zero-order valence-electron chi connectivity index (χ0n) is 17.8. The molecule has 7 heteroatoms. The lowest BCUT2D eigenvalue weighted by Gasteiger charge is -2.25. The minimum atomic E-state index is -4.03. The zero-order chi connectivity index (χ0) is 21.6. The molecule has 0 saturated heterocycles. The van der Waals surface area contributed by atoms with E-state index in [2.05, 4.69) is 5.32 Å². The van der Waals surface area contributed by atoms with Gasteiger partial charge in [-0.1, -0.05) is 25.5 Å². The first-order valence-electron chi connectivity index (χ1n) is 9.72. The molecule has 0 aliphatic rings. The molecule has 0 aliphatic heterocycles. The minimum absolute atomic E-state index is 0.0413. The van der Waals surface area contributed by atoms with Crippen LogP contribution in [0.3, 0.4) is 0 Å². The Morgan fingerprint density at radius 3 is 2.41 bits per heavy atom. The van der Waals surface area contributed by atoms with Crippen molar-refractivity contribution in [2.24, 2.45) is 0 Å². The van der Waals surface area contributed by atoms with E-state index in [4.69, 9.17) is 4.74 Å². The Balaban J connectivity index is 2.52. The minimum Gasteiger partial charge on any atom is -0.495 e. The molecule has 6 nitrogen and oxygen atoms in total. The van der Waals surface area contributed by atoms with Gasteiger partial charge in [-0.15, -0.1) is 0 Å². The van der Waals surface area contributed by atoms with Crippen molar-refractivity contribution < 1.29 is 17.9 Å². The van der Waals surface area contributed by atoms with E-state index in [1.807, 2.05) is 33.8 Å². The van der Waals surface area contributed by atoms with E-state index in [9.17, 15) is 13.2 Å². The predicted molar refractivity (Wildman–Crippen MR) is 116 cm³/mol. The van der Waals surface area contributed by atoms with E-state index in [0.29, 0.717) is 12.2 Å². The van der Waals surface area contributed by atoms with Crippen LogP contribution in [0, 0.1) is 20.8 Å². The third-order valence-corrected chi connectivity index (χ3v) is 6.60. The first-order chi connectivity index (χ1) is 13.7. The second-order valence-electron chi connectivity index (χ2n) is 7.14. The molecule has 0 bridgehead atoms. The number of anilines is 1. The SMILES string of the molecule is CCCCNC(=O)CN(c1ccc(C)c(C)c1)S(=O)(=O)c1cc(C)ccc1OC. The highest BCUT2D eigenvalue weighted by molar-refractivity contribution is 7.93. The van der Waals surface area contributed by atoms with Gasteiger partial charge in [0.25, 0.3) is 10.0 Å². The van der Waals surface area contributed by atoms with Crippen molar-refractivity contribution in [3.05, 3.63) is 53.1 Å². The Labute approximate surface area is 173 Å². The van der Waals surface area contributed by atoms with E-state index >= 15 is 0 Å². The Morgan fingerprint density at radius 2 is 1.79 bits per heavy atom. The van der Waals surface area contributed by atoms with E-state index in [1.54, 1.807) is 30.3 Å². The van der Waals surface area contributed by atoms with Crippen molar-refractivity contribution in [3.63, 3.8) is 0 Å². The van der Waals surface area contributed by atoms with Crippen LogP contribution >= 0.6 is 0 Å². The lowest BCUT2D eigenvalue weighted by atomic mass is 10.1. The fraction of sp³-hybridized carbons (Fsp3) is 0.409. The molecule has 0 aliphatic carbocycles. The number of carbonyl (C=O) groups excluding carboxylic acids is 1. The van der Waals surface area contributed by atoms with Crippen LogP contribution in [0.2, 0.25) is 0 Å². The number of aryl methyl sites for hydroxylation is 3. The van der Waals surface area contributed by atoms with Gasteiger partial charge in [0.15, 0.2) is 0 Å². The highest BCUT2D eigenvalue weighted by Crippen LogP contribution is 2.31. The summed E-state index contributed by atoms with van der Waals surface area (Å²) in [5.74, 6) is -0.0947. The third-order valence-electron chi connectivity index (χ3n) is 4.81. The number of amides is 1. The van der Waals surface area contributed by atoms with Crippen LogP contribution in [0.1, 0.15) is 36.5 Å². The molecule has 1 amide bonds. The number of rotatable bonds is 9. The van der Waals surface area contributed by atoms with Gasteiger partial charge in [-0.05, 0) is 68.1 Å². The van der Waals surface area contributed by atoms with Crippen molar-refractivity contribution in [1.29, 1.82) is 0 Å². The highest BCUT2D eigenvalue weighted by Gasteiger charge is 2.30. The number of benzene rings is 2. The fourth-order valence-corrected chi connectivity index (χ4v) is 4.55. The zero-order valence-corrected chi connectivity index (χ0v) is 18.6. The van der Waals surface area contributed by atoms with Gasteiger partial charge in [0, 0.05) is 6.54 Å². The van der Waals surface area contributed by atoms with Crippen LogP contribution in [-0.2, 0) is 14.8 Å². The largest absolute Gasteiger partial charge is 0.495 e. The summed E-state index contributed by atoms with van der Waals surface area (Å²) in [7, 11) is -2.60. The van der Waals surface area contributed by atoms with Crippen molar-refractivity contribution in [2.45, 2.75) is 45.4 Å². The molecule has 0 spiro atoms. The Bertz CT molecular complexity index is 971. The number of unbranched alkanes of at least 4 members (excludes halogenated alkanes) is 1. The average molecular weight is 419 g/mol. The number of ether oxygens (including phenoxy) is 1. The topological polar surface area (TPSA) is 75.7 Å². The van der Waals surface area contributed by atoms with Gasteiger partial charge in [-0.3, -0.25) is 9.10 Å². The first kappa shape index (κ1) is 22.7. The van der Waals surface area contributed by atoms with Gasteiger partial charge in [0.1, 0.15) is 17.2 Å². The predicted octanol–water partition coefficient (Wildman–Crippen LogP) is 3.73. The third kappa shape index (κ3) is 5.50. The quantitative estimate of drug-likeness (QED) is 0.630. The summed E-state index contributed by atoms with van der Waals surface area (Å²) in [5.41, 5.74) is 3.23. The molecule has 0 heterocycles. The summed E-state index contributed by atoms with van der Waals surface area (Å²) in [6, 6.07) is 10.3. The molecule has 0 aromatic heterocycles. The van der Waals surface area contributed by atoms with Crippen LogP contribution in [0.4, 0.5) is 5.69 Å². The Kier molecular flexibility index (Phi) is 7.67. The monoisotopic (exact) mass is 418 g/mol. The molecule has 0 atom stereocenters. The van der Waals surface area contributed by atoms with Gasteiger partial charge in [0.2, 0.25) is 5.91 Å². The fourth-order valence-electron chi connectivity index (χ4n) is 2.89. The van der Waals surface area contributed by atoms with Gasteiger partial charge in [-0.2, -0.15) is 0 Å². The summed E-state index contributed by atoms with van der Waals surface area (Å²) in [6.07, 6.45) is 1.79. The highest BCUT2D eigenvalue weighted by atomic mass is 32.2. The number of hydrogen-bond acceptors (Lipinski definition) is 4. The molecular weight excluding hydrogens is 388 g/mol. The molecule has 0 saturated carbocycles. The summed E-state index contributed by atoms with van der Waals surface area (Å²) >= 11 is 0. The maximum atomic E-state index is 13.6. The van der Waals surface area contributed by atoms with Crippen molar-refractivity contribution in [2.75, 3.05) is 24.5 Å². The number of sulfonamides is 1. The normalized spacial score (nSPS) is 11.2. The van der Waals surface area contributed by atoms with E-state index < -0.39 is 10.0 Å². The first-order valence-corrected chi connectivity index (χ1v) is 11.2. The lowest BCUT2D eigenvalue weighted by molar-refractivity contribution is -0.119.